The largest absolute Gasteiger partial charge is 0.338 e. The first kappa shape index (κ1) is 15.1. The molecular formula is C12H30N2Si. The minimum Gasteiger partial charge on any atom is -0.338 e. The maximum Gasteiger partial charge on any atom is 0.207 e. The average molecular weight is 230 g/mol. The van der Waals surface area contributed by atoms with E-state index in [9.17, 15) is 0 Å². The van der Waals surface area contributed by atoms with Crippen LogP contribution in [-0.4, -0.2) is 25.0 Å². The molecule has 0 bridgehead atoms. The lowest BCUT2D eigenvalue weighted by Crippen LogP contribution is -2.69. The third-order valence-corrected chi connectivity index (χ3v) is 9.04. The van der Waals surface area contributed by atoms with Gasteiger partial charge < -0.3 is 9.96 Å². The minimum atomic E-state index is -1.83. The second kappa shape index (κ2) is 5.46. The van der Waals surface area contributed by atoms with E-state index >= 15 is 0 Å². The van der Waals surface area contributed by atoms with Crippen molar-refractivity contribution in [3.8, 4) is 0 Å². The van der Waals surface area contributed by atoms with E-state index in [1.54, 1.807) is 0 Å². The molecule has 0 aliphatic heterocycles. The Morgan fingerprint density at radius 1 is 0.733 bits per heavy atom. The van der Waals surface area contributed by atoms with Crippen molar-refractivity contribution in [3.05, 3.63) is 0 Å². The van der Waals surface area contributed by atoms with Gasteiger partial charge >= 0.3 is 0 Å². The first-order valence-corrected chi connectivity index (χ1v) is 8.40. The van der Waals surface area contributed by atoms with Crippen LogP contribution in [0.4, 0.5) is 0 Å². The molecule has 0 aliphatic rings. The summed E-state index contributed by atoms with van der Waals surface area (Å²) in [6.45, 7) is 18.2. The van der Waals surface area contributed by atoms with Gasteiger partial charge in [0.05, 0.1) is 0 Å². The molecule has 0 aromatic heterocycles. The third kappa shape index (κ3) is 3.05. The van der Waals surface area contributed by atoms with Crippen molar-refractivity contribution in [2.24, 2.45) is 5.40 Å². The predicted molar refractivity (Wildman–Crippen MR) is 72.2 cm³/mol. The molecule has 3 heteroatoms. The van der Waals surface area contributed by atoms with Crippen LogP contribution in [0, 0.1) is 0 Å². The van der Waals surface area contributed by atoms with Crippen LogP contribution in [0.2, 0.25) is 11.1 Å². The van der Waals surface area contributed by atoms with E-state index in [2.05, 4.69) is 60.0 Å². The van der Waals surface area contributed by atoms with Gasteiger partial charge in [0.2, 0.25) is 8.40 Å². The molecule has 2 nitrogen and oxygen atoms in total. The zero-order chi connectivity index (χ0) is 12.4. The van der Waals surface area contributed by atoms with Gasteiger partial charge in [-0.15, -0.1) is 0 Å². The third-order valence-electron chi connectivity index (χ3n) is 3.41. The number of hydrogen-bond acceptors (Lipinski definition) is 2. The number of nitrogens with two attached hydrogens (primary N) is 1. The molecular weight excluding hydrogens is 200 g/mol. The van der Waals surface area contributed by atoms with Gasteiger partial charge in [0.15, 0.2) is 0 Å². The molecule has 2 N–H and O–H groups in total. The molecule has 0 unspecified atom stereocenters. The second-order valence-corrected chi connectivity index (χ2v) is 10.4. The summed E-state index contributed by atoms with van der Waals surface area (Å²) in [6.07, 6.45) is 0. The quantitative estimate of drug-likeness (QED) is 0.734. The highest BCUT2D eigenvalue weighted by molar-refractivity contribution is 6.76. The minimum absolute atomic E-state index is 0.548. The molecule has 0 aromatic carbocycles. The van der Waals surface area contributed by atoms with Crippen LogP contribution in [0.5, 0.6) is 0 Å². The smallest absolute Gasteiger partial charge is 0.207 e. The number of hydrogen-bond donors (Lipinski definition) is 1. The molecule has 15 heavy (non-hydrogen) atoms. The van der Waals surface area contributed by atoms with E-state index in [1.807, 2.05) is 0 Å². The van der Waals surface area contributed by atoms with Gasteiger partial charge in [-0.2, -0.15) is 0 Å². The molecule has 0 radical (unpaired) electrons. The van der Waals surface area contributed by atoms with Crippen molar-refractivity contribution < 1.29 is 0 Å². The summed E-state index contributed by atoms with van der Waals surface area (Å²) in [5.74, 6) is 0. The summed E-state index contributed by atoms with van der Waals surface area (Å²) >= 11 is 0. The van der Waals surface area contributed by atoms with Gasteiger partial charge in [-0.3, -0.25) is 0 Å². The van der Waals surface area contributed by atoms with Gasteiger partial charge in [-0.1, -0.05) is 55.4 Å². The molecule has 92 valence electrons. The lowest BCUT2D eigenvalue weighted by Gasteiger charge is -2.49. The molecule has 0 aromatic rings. The first-order chi connectivity index (χ1) is 6.65. The molecule has 0 spiro atoms. The van der Waals surface area contributed by atoms with Crippen molar-refractivity contribution in [2.45, 2.75) is 78.6 Å². The van der Waals surface area contributed by atoms with Crippen LogP contribution in [0.3, 0.4) is 0 Å². The van der Waals surface area contributed by atoms with Crippen molar-refractivity contribution >= 4 is 8.40 Å². The fourth-order valence-electron chi connectivity index (χ4n) is 2.75. The highest BCUT2D eigenvalue weighted by atomic mass is 28.3. The molecule has 0 atom stereocenters. The van der Waals surface area contributed by atoms with Crippen molar-refractivity contribution in [1.29, 1.82) is 0 Å². The fraction of sp³-hybridized carbons (Fsp3) is 1.00. The normalized spacial score (nSPS) is 14.0. The fourth-order valence-corrected chi connectivity index (χ4v) is 7.07. The van der Waals surface area contributed by atoms with Crippen LogP contribution >= 0.6 is 0 Å². The molecule has 0 heterocycles. The highest BCUT2D eigenvalue weighted by Gasteiger charge is 2.44. The molecule has 0 saturated heterocycles. The Kier molecular flexibility index (Phi) is 5.51. The summed E-state index contributed by atoms with van der Waals surface area (Å²) in [7, 11) is -1.83. The Morgan fingerprint density at radius 2 is 1.00 bits per heavy atom. The molecule has 0 aliphatic carbocycles. The lowest BCUT2D eigenvalue weighted by atomic mass is 10.3. The molecule has 0 fully saturated rings. The standard InChI is InChI=1S/C12H30N2Si/c1-9(2)14(10(3)4)15(13,11(5)6)12(7)8/h9-12H,13H2,1-8H3. The summed E-state index contributed by atoms with van der Waals surface area (Å²) in [4.78, 5) is 0. The maximum atomic E-state index is 6.79. The van der Waals surface area contributed by atoms with Gasteiger partial charge in [-0.25, -0.2) is 0 Å². The van der Waals surface area contributed by atoms with Gasteiger partial charge in [-0.05, 0) is 23.2 Å². The molecule has 0 amide bonds. The van der Waals surface area contributed by atoms with Crippen LogP contribution < -0.4 is 5.40 Å². The molecule has 0 rings (SSSR count). The number of rotatable bonds is 5. The van der Waals surface area contributed by atoms with Crippen LogP contribution in [0.15, 0.2) is 0 Å². The van der Waals surface area contributed by atoms with Crippen LogP contribution in [0.25, 0.3) is 0 Å². The summed E-state index contributed by atoms with van der Waals surface area (Å²) < 4.78 is 2.59. The first-order valence-electron chi connectivity index (χ1n) is 6.22. The van der Waals surface area contributed by atoms with Crippen LogP contribution in [-0.2, 0) is 0 Å². The maximum absolute atomic E-state index is 6.79. The SMILES string of the molecule is CC(C)N(C(C)C)[Si](N)(C(C)C)C(C)C. The van der Waals surface area contributed by atoms with E-state index in [1.165, 1.54) is 0 Å². The zero-order valence-corrected chi connectivity index (χ0v) is 12.8. The number of nitrogens with zero attached hydrogens (tertiary/aromatic N) is 1. The monoisotopic (exact) mass is 230 g/mol. The summed E-state index contributed by atoms with van der Waals surface area (Å²) in [5, 5.41) is 6.79. The Labute approximate surface area is 97.4 Å². The predicted octanol–water partition coefficient (Wildman–Crippen LogP) is 3.33. The Balaban J connectivity index is 5.19. The van der Waals surface area contributed by atoms with E-state index in [0.717, 1.165) is 0 Å². The Bertz CT molecular complexity index is 172. The Morgan fingerprint density at radius 3 is 1.07 bits per heavy atom. The molecule has 0 saturated carbocycles. The second-order valence-electron chi connectivity index (χ2n) is 5.79. The van der Waals surface area contributed by atoms with E-state index < -0.39 is 8.40 Å². The topological polar surface area (TPSA) is 29.3 Å². The zero-order valence-electron chi connectivity index (χ0n) is 11.8. The van der Waals surface area contributed by atoms with E-state index in [0.29, 0.717) is 23.2 Å². The summed E-state index contributed by atoms with van der Waals surface area (Å²) in [6, 6.07) is 1.10. The summed E-state index contributed by atoms with van der Waals surface area (Å²) in [5.41, 5.74) is 1.20. The van der Waals surface area contributed by atoms with Gasteiger partial charge in [0.25, 0.3) is 0 Å². The van der Waals surface area contributed by atoms with Crippen molar-refractivity contribution in [3.63, 3.8) is 0 Å². The van der Waals surface area contributed by atoms with E-state index in [4.69, 9.17) is 5.40 Å². The van der Waals surface area contributed by atoms with Gasteiger partial charge in [0.1, 0.15) is 0 Å². The van der Waals surface area contributed by atoms with Gasteiger partial charge in [0, 0.05) is 0 Å². The Hall–Kier alpha value is 0.137. The lowest BCUT2D eigenvalue weighted by molar-refractivity contribution is 0.280. The van der Waals surface area contributed by atoms with E-state index in [-0.39, 0.29) is 0 Å². The van der Waals surface area contributed by atoms with Crippen molar-refractivity contribution in [1.82, 2.24) is 4.57 Å². The highest BCUT2D eigenvalue weighted by Crippen LogP contribution is 2.33. The average Bonchev–Trinajstić information content (AvgIpc) is 2.01. The van der Waals surface area contributed by atoms with Crippen molar-refractivity contribution in [2.75, 3.05) is 0 Å². The van der Waals surface area contributed by atoms with Crippen LogP contribution in [0.1, 0.15) is 55.4 Å².